The molecule has 0 atom stereocenters. The molecule has 0 saturated heterocycles. The van der Waals surface area contributed by atoms with E-state index >= 15 is 0 Å². The lowest BCUT2D eigenvalue weighted by Gasteiger charge is -2.29. The van der Waals surface area contributed by atoms with E-state index in [1.165, 1.54) is 31.2 Å². The molecular weight excluding hydrogens is 320 g/mol. The summed E-state index contributed by atoms with van der Waals surface area (Å²) in [7, 11) is 1.84. The van der Waals surface area contributed by atoms with Gasteiger partial charge in [-0.15, -0.1) is 0 Å². The number of pyridine rings is 1. The van der Waals surface area contributed by atoms with Gasteiger partial charge in [0.1, 0.15) is 0 Å². The standard InChI is InChI=1S/C22H30N4/c1-23-22(25-16-14-21-9-5-6-15-24-21)26-17-18-10-12-20(13-11-18)19-7-3-2-4-8-19/h2-9,15,18,20H,10-14,16-17H2,1H3,(H2,23,25,26). The highest BCUT2D eigenvalue weighted by Gasteiger charge is 2.22. The van der Waals surface area contributed by atoms with E-state index in [1.54, 1.807) is 0 Å². The van der Waals surface area contributed by atoms with Gasteiger partial charge in [0.2, 0.25) is 0 Å². The lowest BCUT2D eigenvalue weighted by molar-refractivity contribution is 0.324. The first kappa shape index (κ1) is 18.4. The lowest BCUT2D eigenvalue weighted by Crippen LogP contribution is -2.41. The zero-order chi connectivity index (χ0) is 18.0. The van der Waals surface area contributed by atoms with Crippen molar-refractivity contribution in [3.8, 4) is 0 Å². The number of hydrogen-bond acceptors (Lipinski definition) is 2. The van der Waals surface area contributed by atoms with Gasteiger partial charge in [0.15, 0.2) is 5.96 Å². The third kappa shape index (κ3) is 5.58. The van der Waals surface area contributed by atoms with E-state index in [9.17, 15) is 0 Å². The van der Waals surface area contributed by atoms with E-state index in [-0.39, 0.29) is 0 Å². The Kier molecular flexibility index (Phi) is 7.05. The van der Waals surface area contributed by atoms with Gasteiger partial charge >= 0.3 is 0 Å². The summed E-state index contributed by atoms with van der Waals surface area (Å²) >= 11 is 0. The van der Waals surface area contributed by atoms with Crippen LogP contribution in [0.3, 0.4) is 0 Å². The summed E-state index contributed by atoms with van der Waals surface area (Å²) in [6.07, 6.45) is 7.91. The Bertz CT molecular complexity index is 661. The first-order valence-electron chi connectivity index (χ1n) is 9.74. The number of rotatable bonds is 6. The highest BCUT2D eigenvalue weighted by atomic mass is 15.2. The smallest absolute Gasteiger partial charge is 0.190 e. The van der Waals surface area contributed by atoms with Crippen LogP contribution in [0.2, 0.25) is 0 Å². The van der Waals surface area contributed by atoms with E-state index in [1.807, 2.05) is 25.4 Å². The molecule has 26 heavy (non-hydrogen) atoms. The molecule has 0 spiro atoms. The molecule has 0 unspecified atom stereocenters. The molecule has 1 aromatic heterocycles. The Hall–Kier alpha value is -2.36. The average Bonchev–Trinajstić information content (AvgIpc) is 2.72. The van der Waals surface area contributed by atoms with Gasteiger partial charge in [0.05, 0.1) is 0 Å². The van der Waals surface area contributed by atoms with Gasteiger partial charge in [-0.1, -0.05) is 36.4 Å². The molecule has 1 aliphatic rings. The molecule has 1 fully saturated rings. The van der Waals surface area contributed by atoms with Crippen LogP contribution in [0.15, 0.2) is 59.7 Å². The summed E-state index contributed by atoms with van der Waals surface area (Å²) in [5, 5.41) is 6.89. The largest absolute Gasteiger partial charge is 0.356 e. The van der Waals surface area contributed by atoms with Gasteiger partial charge in [-0.3, -0.25) is 9.98 Å². The Morgan fingerprint density at radius 1 is 1.00 bits per heavy atom. The van der Waals surface area contributed by atoms with E-state index in [0.717, 1.165) is 43.0 Å². The number of hydrogen-bond donors (Lipinski definition) is 2. The number of aliphatic imine (C=N–C) groups is 1. The summed E-state index contributed by atoms with van der Waals surface area (Å²) in [4.78, 5) is 8.69. The van der Waals surface area contributed by atoms with Crippen molar-refractivity contribution in [1.29, 1.82) is 0 Å². The number of nitrogens with one attached hydrogen (secondary N) is 2. The average molecular weight is 351 g/mol. The lowest BCUT2D eigenvalue weighted by atomic mass is 9.79. The highest BCUT2D eigenvalue weighted by Crippen LogP contribution is 2.35. The van der Waals surface area contributed by atoms with Gasteiger partial charge in [-0.05, 0) is 55.2 Å². The van der Waals surface area contributed by atoms with Crippen molar-refractivity contribution < 1.29 is 0 Å². The minimum atomic E-state index is 0.739. The second-order valence-corrected chi connectivity index (χ2v) is 7.08. The molecule has 2 aromatic rings. The second-order valence-electron chi connectivity index (χ2n) is 7.08. The molecule has 1 aliphatic carbocycles. The van der Waals surface area contributed by atoms with Crippen molar-refractivity contribution in [2.24, 2.45) is 10.9 Å². The fraction of sp³-hybridized carbons (Fsp3) is 0.455. The number of benzene rings is 1. The van der Waals surface area contributed by atoms with E-state index in [2.05, 4.69) is 57.0 Å². The summed E-state index contributed by atoms with van der Waals surface area (Å²) in [5.41, 5.74) is 2.61. The third-order valence-electron chi connectivity index (χ3n) is 5.30. The minimum Gasteiger partial charge on any atom is -0.356 e. The molecule has 0 bridgehead atoms. The molecule has 0 aliphatic heterocycles. The monoisotopic (exact) mass is 350 g/mol. The maximum atomic E-state index is 4.35. The Morgan fingerprint density at radius 2 is 1.77 bits per heavy atom. The van der Waals surface area contributed by atoms with Crippen LogP contribution < -0.4 is 10.6 Å². The summed E-state index contributed by atoms with van der Waals surface area (Å²) in [6.45, 7) is 1.85. The number of nitrogens with zero attached hydrogens (tertiary/aromatic N) is 2. The molecule has 2 N–H and O–H groups in total. The van der Waals surface area contributed by atoms with Gasteiger partial charge in [0, 0.05) is 38.4 Å². The van der Waals surface area contributed by atoms with Crippen molar-refractivity contribution >= 4 is 5.96 Å². The molecule has 1 aromatic carbocycles. The van der Waals surface area contributed by atoms with Crippen molar-refractivity contribution in [3.63, 3.8) is 0 Å². The van der Waals surface area contributed by atoms with Crippen LogP contribution in [0.1, 0.15) is 42.9 Å². The van der Waals surface area contributed by atoms with Gasteiger partial charge in [-0.2, -0.15) is 0 Å². The number of aromatic nitrogens is 1. The zero-order valence-electron chi connectivity index (χ0n) is 15.7. The topological polar surface area (TPSA) is 49.3 Å². The maximum absolute atomic E-state index is 4.35. The SMILES string of the molecule is CN=C(NCCc1ccccn1)NCC1CCC(c2ccccc2)CC1. The molecule has 4 nitrogen and oxygen atoms in total. The van der Waals surface area contributed by atoms with E-state index in [0.29, 0.717) is 0 Å². The molecular formula is C22H30N4. The quantitative estimate of drug-likeness (QED) is 0.616. The van der Waals surface area contributed by atoms with Crippen LogP contribution in [0, 0.1) is 5.92 Å². The van der Waals surface area contributed by atoms with Gasteiger partial charge in [-0.25, -0.2) is 0 Å². The fourth-order valence-electron chi connectivity index (χ4n) is 3.74. The Labute approximate surface area is 157 Å². The summed E-state index contributed by atoms with van der Waals surface area (Å²) in [6, 6.07) is 17.0. The molecule has 0 radical (unpaired) electrons. The summed E-state index contributed by atoms with van der Waals surface area (Å²) < 4.78 is 0. The second kappa shape index (κ2) is 9.95. The predicted octanol–water partition coefficient (Wildman–Crippen LogP) is 3.76. The first-order chi connectivity index (χ1) is 12.8. The highest BCUT2D eigenvalue weighted by molar-refractivity contribution is 5.79. The molecule has 3 rings (SSSR count). The third-order valence-corrected chi connectivity index (χ3v) is 5.30. The number of guanidine groups is 1. The summed E-state index contributed by atoms with van der Waals surface area (Å²) in [5.74, 6) is 2.37. The minimum absolute atomic E-state index is 0.739. The molecule has 138 valence electrons. The van der Waals surface area contributed by atoms with Crippen molar-refractivity contribution in [3.05, 3.63) is 66.0 Å². The molecule has 1 saturated carbocycles. The fourth-order valence-corrected chi connectivity index (χ4v) is 3.74. The maximum Gasteiger partial charge on any atom is 0.190 e. The Balaban J connectivity index is 1.35. The van der Waals surface area contributed by atoms with Crippen LogP contribution in [-0.4, -0.2) is 31.1 Å². The van der Waals surface area contributed by atoms with E-state index in [4.69, 9.17) is 0 Å². The van der Waals surface area contributed by atoms with Crippen LogP contribution in [0.4, 0.5) is 0 Å². The Morgan fingerprint density at radius 3 is 2.46 bits per heavy atom. The van der Waals surface area contributed by atoms with E-state index < -0.39 is 0 Å². The normalized spacial score (nSPS) is 20.6. The van der Waals surface area contributed by atoms with Crippen LogP contribution in [0.25, 0.3) is 0 Å². The zero-order valence-corrected chi connectivity index (χ0v) is 15.7. The van der Waals surface area contributed by atoms with Crippen molar-refractivity contribution in [2.45, 2.75) is 38.0 Å². The predicted molar refractivity (Wildman–Crippen MR) is 108 cm³/mol. The van der Waals surface area contributed by atoms with Gasteiger partial charge in [0.25, 0.3) is 0 Å². The van der Waals surface area contributed by atoms with Crippen LogP contribution in [-0.2, 0) is 6.42 Å². The molecule has 0 amide bonds. The molecule has 4 heteroatoms. The van der Waals surface area contributed by atoms with Gasteiger partial charge < -0.3 is 10.6 Å². The van der Waals surface area contributed by atoms with Crippen molar-refractivity contribution in [2.75, 3.05) is 20.1 Å². The first-order valence-corrected chi connectivity index (χ1v) is 9.74. The van der Waals surface area contributed by atoms with Crippen LogP contribution in [0.5, 0.6) is 0 Å². The van der Waals surface area contributed by atoms with Crippen LogP contribution >= 0.6 is 0 Å². The molecule has 1 heterocycles. The van der Waals surface area contributed by atoms with Crippen molar-refractivity contribution in [1.82, 2.24) is 15.6 Å².